The maximum Gasteiger partial charge on any atom is 0.250 e. The van der Waals surface area contributed by atoms with Crippen LogP contribution in [0.5, 0.6) is 0 Å². The number of hydrogen-bond donors (Lipinski definition) is 0. The number of imidazole rings is 2. The lowest BCUT2D eigenvalue weighted by atomic mass is 9.53. The summed E-state index contributed by atoms with van der Waals surface area (Å²) < 4.78 is 10.5. The van der Waals surface area contributed by atoms with E-state index in [4.69, 9.17) is 0 Å². The van der Waals surface area contributed by atoms with Crippen molar-refractivity contribution in [3.8, 4) is 11.4 Å². The molecule has 0 amide bonds. The molecular weight excluding hydrogens is 536 g/mol. The molecule has 0 atom stereocenters. The number of aromatic nitrogens is 4. The van der Waals surface area contributed by atoms with E-state index in [1.807, 2.05) is 0 Å². The van der Waals surface area contributed by atoms with Crippen molar-refractivity contribution in [1.82, 2.24) is 9.13 Å². The molecule has 0 saturated heterocycles. The first kappa shape index (κ1) is 24.9. The van der Waals surface area contributed by atoms with Gasteiger partial charge in [0.25, 0.3) is 0 Å². The monoisotopic (exact) mass is 580 g/mol. The largest absolute Gasteiger partial charge is 0.250 e. The molecule has 0 aliphatic heterocycles. The summed E-state index contributed by atoms with van der Waals surface area (Å²) in [5.41, 5.74) is 8.62. The minimum absolute atomic E-state index is 0.303. The van der Waals surface area contributed by atoms with E-state index in [-0.39, 0.29) is 0 Å². The van der Waals surface area contributed by atoms with Gasteiger partial charge in [-0.25, -0.2) is 9.13 Å². The van der Waals surface area contributed by atoms with Crippen molar-refractivity contribution in [2.75, 3.05) is 0 Å². The Bertz CT molecular complexity index is 1750. The van der Waals surface area contributed by atoms with Crippen LogP contribution >= 0.6 is 0 Å². The Morgan fingerprint density at radius 3 is 1.20 bits per heavy atom. The molecule has 222 valence electrons. The second-order valence-electron chi connectivity index (χ2n) is 16.5. The summed E-state index contributed by atoms with van der Waals surface area (Å²) in [6.07, 6.45) is 22.1. The van der Waals surface area contributed by atoms with Crippen LogP contribution in [0.2, 0.25) is 0 Å². The van der Waals surface area contributed by atoms with Crippen LogP contribution in [-0.4, -0.2) is 9.13 Å². The zero-order valence-corrected chi connectivity index (χ0v) is 25.8. The molecule has 3 aromatic carbocycles. The molecule has 2 heterocycles. The zero-order chi connectivity index (χ0) is 28.6. The predicted molar refractivity (Wildman–Crippen MR) is 173 cm³/mol. The maximum atomic E-state index is 2.74. The number of benzene rings is 3. The summed E-state index contributed by atoms with van der Waals surface area (Å²) in [7, 11) is 0. The van der Waals surface area contributed by atoms with Crippen LogP contribution in [0.15, 0.2) is 85.5 Å². The summed E-state index contributed by atoms with van der Waals surface area (Å²) >= 11 is 0. The minimum Gasteiger partial charge on any atom is -0.224 e. The van der Waals surface area contributed by atoms with Gasteiger partial charge in [0.05, 0.1) is 0 Å². The maximum absolute atomic E-state index is 2.74. The van der Waals surface area contributed by atoms with Crippen molar-refractivity contribution in [2.24, 2.45) is 35.5 Å². The van der Waals surface area contributed by atoms with E-state index in [0.29, 0.717) is 11.1 Å². The quantitative estimate of drug-likeness (QED) is 0.192. The summed E-state index contributed by atoms with van der Waals surface area (Å²) in [6.45, 7) is 0. The highest BCUT2D eigenvalue weighted by Gasteiger charge is 2.56. The third kappa shape index (κ3) is 3.40. The van der Waals surface area contributed by atoms with Crippen molar-refractivity contribution in [1.29, 1.82) is 0 Å². The smallest absolute Gasteiger partial charge is 0.224 e. The minimum atomic E-state index is 0.303. The number of nitrogens with zero attached hydrogens (tertiary/aromatic N) is 4. The van der Waals surface area contributed by atoms with E-state index in [2.05, 4.69) is 104 Å². The Morgan fingerprint density at radius 2 is 0.818 bits per heavy atom. The van der Waals surface area contributed by atoms with Crippen LogP contribution in [0.3, 0.4) is 0 Å². The van der Waals surface area contributed by atoms with Crippen LogP contribution in [0, 0.1) is 35.5 Å². The van der Waals surface area contributed by atoms with Crippen molar-refractivity contribution < 1.29 is 9.13 Å². The molecule has 8 aliphatic rings. The SMILES string of the molecule is c1cc(-n2c[n+](C34CC5CC(CC(C5)C3)C4)c3ccccc32)cc(-n2c[n+](C34CC5CC(CC(C5)C3)C4)c3ccccc32)c1. The molecule has 5 aromatic rings. The van der Waals surface area contributed by atoms with Gasteiger partial charge < -0.3 is 0 Å². The highest BCUT2D eigenvalue weighted by molar-refractivity contribution is 5.76. The molecule has 8 fully saturated rings. The van der Waals surface area contributed by atoms with Gasteiger partial charge in [0.1, 0.15) is 22.5 Å². The van der Waals surface area contributed by atoms with Crippen LogP contribution in [-0.2, 0) is 11.1 Å². The molecular formula is C40H44N4+2. The first-order valence-electron chi connectivity index (χ1n) is 17.8. The number of para-hydroxylation sites is 4. The van der Waals surface area contributed by atoms with Crippen molar-refractivity contribution in [2.45, 2.75) is 88.1 Å². The average molecular weight is 581 g/mol. The van der Waals surface area contributed by atoms with Gasteiger partial charge >= 0.3 is 0 Å². The third-order valence-electron chi connectivity index (χ3n) is 13.7. The van der Waals surface area contributed by atoms with Gasteiger partial charge in [-0.3, -0.25) is 0 Å². The van der Waals surface area contributed by atoms with Gasteiger partial charge in [0.15, 0.2) is 22.1 Å². The Hall–Kier alpha value is -3.40. The second-order valence-corrected chi connectivity index (χ2v) is 16.5. The lowest BCUT2D eigenvalue weighted by Crippen LogP contribution is -2.64. The molecule has 13 rings (SSSR count). The lowest BCUT2D eigenvalue weighted by molar-refractivity contribution is -0.755. The number of rotatable bonds is 4. The molecule has 4 heteroatoms. The van der Waals surface area contributed by atoms with E-state index < -0.39 is 0 Å². The van der Waals surface area contributed by atoms with Gasteiger partial charge in [-0.1, -0.05) is 30.3 Å². The van der Waals surface area contributed by atoms with E-state index in [1.165, 1.54) is 110 Å². The van der Waals surface area contributed by atoms with Crippen LogP contribution < -0.4 is 9.13 Å². The topological polar surface area (TPSA) is 17.6 Å². The third-order valence-corrected chi connectivity index (χ3v) is 13.7. The fraction of sp³-hybridized carbons (Fsp3) is 0.500. The summed E-state index contributed by atoms with van der Waals surface area (Å²) in [6, 6.07) is 27.7. The normalized spacial score (nSPS) is 36.6. The first-order valence-corrected chi connectivity index (χ1v) is 17.8. The fourth-order valence-electron chi connectivity index (χ4n) is 12.9. The highest BCUT2D eigenvalue weighted by atomic mass is 15.2. The molecule has 44 heavy (non-hydrogen) atoms. The predicted octanol–water partition coefficient (Wildman–Crippen LogP) is 8.00. The van der Waals surface area contributed by atoms with E-state index in [0.717, 1.165) is 35.5 Å². The highest BCUT2D eigenvalue weighted by Crippen LogP contribution is 2.58. The Balaban J connectivity index is 1.04. The summed E-state index contributed by atoms with van der Waals surface area (Å²) in [4.78, 5) is 0. The van der Waals surface area contributed by atoms with E-state index in [9.17, 15) is 0 Å². The lowest BCUT2D eigenvalue weighted by Gasteiger charge is -2.54. The molecule has 4 nitrogen and oxygen atoms in total. The molecule has 0 spiro atoms. The van der Waals surface area contributed by atoms with Crippen LogP contribution in [0.1, 0.15) is 77.0 Å². The van der Waals surface area contributed by atoms with Crippen molar-refractivity contribution >= 4 is 22.1 Å². The molecule has 8 aliphatic carbocycles. The van der Waals surface area contributed by atoms with E-state index >= 15 is 0 Å². The summed E-state index contributed by atoms with van der Waals surface area (Å²) in [5.74, 6) is 5.59. The molecule has 8 bridgehead atoms. The Labute approximate surface area is 260 Å². The van der Waals surface area contributed by atoms with Crippen molar-refractivity contribution in [3.63, 3.8) is 0 Å². The average Bonchev–Trinajstić information content (AvgIpc) is 3.61. The van der Waals surface area contributed by atoms with Gasteiger partial charge in [-0.05, 0) is 149 Å². The molecule has 8 saturated carbocycles. The molecule has 0 radical (unpaired) electrons. The zero-order valence-electron chi connectivity index (χ0n) is 25.8. The number of fused-ring (bicyclic) bond motifs is 2. The fourth-order valence-corrected chi connectivity index (χ4v) is 12.9. The van der Waals surface area contributed by atoms with Gasteiger partial charge in [-0.2, -0.15) is 9.13 Å². The Kier molecular flexibility index (Phi) is 4.89. The van der Waals surface area contributed by atoms with Crippen LogP contribution in [0.4, 0.5) is 0 Å². The molecule has 0 unspecified atom stereocenters. The van der Waals surface area contributed by atoms with Crippen molar-refractivity contribution in [3.05, 3.63) is 85.5 Å². The van der Waals surface area contributed by atoms with Crippen LogP contribution in [0.25, 0.3) is 33.4 Å². The van der Waals surface area contributed by atoms with Gasteiger partial charge in [0.2, 0.25) is 12.7 Å². The first-order chi connectivity index (χ1) is 21.6. The number of hydrogen-bond acceptors (Lipinski definition) is 0. The molecule has 2 aromatic heterocycles. The van der Waals surface area contributed by atoms with E-state index in [1.54, 1.807) is 0 Å². The molecule has 0 N–H and O–H groups in total. The van der Waals surface area contributed by atoms with Gasteiger partial charge in [0, 0.05) is 6.07 Å². The standard InChI is InChI=1S/C40H44N4/c1-3-10-37-35(8-1)41(25-43(37)39-19-27-12-28(20-39)14-29(13-27)21-39)33-6-5-7-34(18-33)42-26-44(38-11-4-2-9-36(38)42)40-22-30-15-31(23-40)17-32(16-30)24-40/h1-11,18,25-32H,12-17,19-24H2/q+2. The van der Waals surface area contributed by atoms with Gasteiger partial charge in [-0.15, -0.1) is 0 Å². The second kappa shape index (κ2) is 8.65. The summed E-state index contributed by atoms with van der Waals surface area (Å²) in [5, 5.41) is 0. The Morgan fingerprint density at radius 1 is 0.455 bits per heavy atom.